The van der Waals surface area contributed by atoms with Crippen LogP contribution in [-0.4, -0.2) is 267 Å². The van der Waals surface area contributed by atoms with Crippen LogP contribution in [0.15, 0.2) is 0 Å². The van der Waals surface area contributed by atoms with Gasteiger partial charge in [-0.05, 0) is 27.7 Å². The molecule has 0 N–H and O–H groups in total. The van der Waals surface area contributed by atoms with Crippen molar-refractivity contribution in [1.82, 2.24) is 49.0 Å². The van der Waals surface area contributed by atoms with Crippen molar-refractivity contribution in [3.63, 3.8) is 0 Å². The number of hydrogen-bond donors (Lipinski definition) is 0. The zero-order valence-corrected chi connectivity index (χ0v) is 39.3. The summed E-state index contributed by atoms with van der Waals surface area (Å²) in [5.41, 5.74) is 0. The minimum Gasteiger partial charge on any atom is -0.364 e. The molecule has 2 atom stereocenters. The maximum atomic E-state index is 12.9. The largest absolute Gasteiger partial charge is 0.364 e. The number of urea groups is 5. The first-order valence-corrected chi connectivity index (χ1v) is 20.6. The Balaban J connectivity index is 0.000000263. The molecule has 0 aromatic carbocycles. The molecule has 0 saturated carbocycles. The van der Waals surface area contributed by atoms with Gasteiger partial charge in [0, 0.05) is 83.3 Å². The Morgan fingerprint density at radius 2 is 0.469 bits per heavy atom. The molecule has 27 nitrogen and oxygen atoms in total. The van der Waals surface area contributed by atoms with E-state index in [2.05, 4.69) is 0 Å². The van der Waals surface area contributed by atoms with Gasteiger partial charge in [0.1, 0.15) is 67.3 Å². The van der Waals surface area contributed by atoms with E-state index >= 15 is 0 Å². The summed E-state index contributed by atoms with van der Waals surface area (Å²) in [6, 6.07) is -1.25. The molecule has 5 rings (SSSR count). The third-order valence-electron chi connectivity index (χ3n) is 10.2. The highest BCUT2D eigenvalue weighted by Crippen LogP contribution is 2.36. The van der Waals surface area contributed by atoms with Crippen LogP contribution in [0.1, 0.15) is 27.7 Å². The van der Waals surface area contributed by atoms with Gasteiger partial charge in [-0.25, -0.2) is 24.0 Å². The molecule has 5 saturated heterocycles. The smallest absolute Gasteiger partial charge is 0.328 e. The summed E-state index contributed by atoms with van der Waals surface area (Å²) in [6.45, 7) is 10.2. The van der Waals surface area contributed by atoms with Crippen molar-refractivity contribution in [3.05, 3.63) is 0 Å². The minimum absolute atomic E-state index is 0.0640. The van der Waals surface area contributed by atoms with Crippen molar-refractivity contribution in [3.8, 4) is 0 Å². The van der Waals surface area contributed by atoms with E-state index in [0.717, 1.165) is 0 Å². The average Bonchev–Trinajstić information content (AvgIpc) is 3.98. The van der Waals surface area contributed by atoms with Crippen LogP contribution in [0.4, 0.5) is 24.0 Å². The number of hydrogen-bond acceptors (Lipinski definition) is 17. The predicted molar refractivity (Wildman–Crippen MR) is 219 cm³/mol. The molecule has 0 aliphatic carbocycles. The fourth-order valence-corrected chi connectivity index (χ4v) is 7.61. The standard InChI is InChI=1S/C16H30N4O6.C12H22N4O6.C9H18N2O5/c1-5-23-9-17-13-14(19(15(17)21)11-25-7-3)20(12-26-8-4)16(22)18(13)10-24-6-2;1-19-5-13-9-10(15(7-21-3)11(13)17)16(8-22-4)12(18)14(9)6-20-2;1-13-5-10-7(15-3)8(16-4)11(6-14-2)9(10)12/h13-14H,5-12H2,1-4H3;9-10H,5-8H2,1-4H3;7-8H,5-6H2,1-4H3. The van der Waals surface area contributed by atoms with Crippen molar-refractivity contribution in [2.45, 2.75) is 64.8 Å². The fourth-order valence-electron chi connectivity index (χ4n) is 7.61. The highest BCUT2D eigenvalue weighted by Gasteiger charge is 2.60. The van der Waals surface area contributed by atoms with Gasteiger partial charge >= 0.3 is 30.2 Å². The van der Waals surface area contributed by atoms with Gasteiger partial charge < -0.3 is 56.8 Å². The van der Waals surface area contributed by atoms with E-state index in [1.165, 1.54) is 106 Å². The summed E-state index contributed by atoms with van der Waals surface area (Å²) in [5.74, 6) is 0. The van der Waals surface area contributed by atoms with Gasteiger partial charge in [-0.3, -0.25) is 49.0 Å². The highest BCUT2D eigenvalue weighted by atomic mass is 16.6. The number of fused-ring (bicyclic) bond motifs is 2. The average molecular weight is 927 g/mol. The summed E-state index contributed by atoms with van der Waals surface area (Å²) >= 11 is 0. The van der Waals surface area contributed by atoms with Crippen molar-refractivity contribution in [2.75, 3.05) is 151 Å². The molecule has 5 fully saturated rings. The Labute approximate surface area is 375 Å². The molecule has 2 unspecified atom stereocenters. The Hall–Kier alpha value is -4.13. The molecule has 5 aliphatic rings. The van der Waals surface area contributed by atoms with Crippen molar-refractivity contribution in [2.24, 2.45) is 0 Å². The minimum atomic E-state index is -0.523. The third kappa shape index (κ3) is 11.8. The second-order valence-corrected chi connectivity index (χ2v) is 14.0. The molecule has 0 aromatic heterocycles. The van der Waals surface area contributed by atoms with Crippen molar-refractivity contribution in [1.29, 1.82) is 0 Å². The topological polar surface area (TPSA) is 229 Å². The molecule has 370 valence electrons. The summed E-state index contributed by atoms with van der Waals surface area (Å²) < 4.78 is 62.6. The van der Waals surface area contributed by atoms with Gasteiger partial charge in [-0.15, -0.1) is 0 Å². The quantitative estimate of drug-likeness (QED) is 0.115. The summed E-state index contributed by atoms with van der Waals surface area (Å²) in [6.07, 6.45) is -3.07. The van der Waals surface area contributed by atoms with Gasteiger partial charge in [0.25, 0.3) is 0 Å². The van der Waals surface area contributed by atoms with Crippen LogP contribution < -0.4 is 0 Å². The van der Waals surface area contributed by atoms with Crippen molar-refractivity contribution < 1.29 is 80.8 Å². The lowest BCUT2D eigenvalue weighted by Crippen LogP contribution is -2.48. The SMILES string of the molecule is CCOCN1C(=O)N(COCC)C2C1N(COCC)C(=O)N2COCC.COCN1C(=O)N(COC)C(OC)C1OC.COCN1C(=O)N(COC)C2C1N(COC)C(=O)N2COC. The number of methoxy groups -OCH3 is 8. The van der Waals surface area contributed by atoms with E-state index in [-0.39, 0.29) is 97.5 Å². The second kappa shape index (κ2) is 27.4. The molecule has 5 heterocycles. The number of rotatable bonds is 26. The van der Waals surface area contributed by atoms with E-state index < -0.39 is 37.1 Å². The van der Waals surface area contributed by atoms with E-state index in [0.29, 0.717) is 26.4 Å². The molecule has 27 heteroatoms. The zero-order valence-electron chi connectivity index (χ0n) is 39.3. The van der Waals surface area contributed by atoms with Crippen LogP contribution in [0.3, 0.4) is 0 Å². The first kappa shape index (κ1) is 54.2. The normalized spacial score (nSPS) is 24.2. The molecular weight excluding hydrogens is 856 g/mol. The number of carbonyl (C=O) groups excluding carboxylic acids is 5. The van der Waals surface area contributed by atoms with Crippen LogP contribution in [0.2, 0.25) is 0 Å². The molecule has 64 heavy (non-hydrogen) atoms. The Morgan fingerprint density at radius 3 is 0.641 bits per heavy atom. The van der Waals surface area contributed by atoms with Crippen LogP contribution in [-0.2, 0) is 56.8 Å². The fraction of sp³-hybridized carbons (Fsp3) is 0.865. The van der Waals surface area contributed by atoms with Gasteiger partial charge in [0.15, 0.2) is 37.1 Å². The molecule has 0 spiro atoms. The van der Waals surface area contributed by atoms with Crippen molar-refractivity contribution >= 4 is 30.2 Å². The third-order valence-corrected chi connectivity index (χ3v) is 10.2. The molecule has 0 aromatic rings. The number of nitrogens with zero attached hydrogens (tertiary/aromatic N) is 10. The van der Waals surface area contributed by atoms with Crippen LogP contribution in [0.5, 0.6) is 0 Å². The van der Waals surface area contributed by atoms with Gasteiger partial charge in [0.2, 0.25) is 0 Å². The van der Waals surface area contributed by atoms with E-state index in [1.807, 2.05) is 27.7 Å². The van der Waals surface area contributed by atoms with E-state index in [1.54, 1.807) is 0 Å². The second-order valence-electron chi connectivity index (χ2n) is 14.0. The maximum Gasteiger partial charge on any atom is 0.328 e. The molecule has 0 bridgehead atoms. The van der Waals surface area contributed by atoms with Gasteiger partial charge in [-0.2, -0.15) is 0 Å². The predicted octanol–water partition coefficient (Wildman–Crippen LogP) is 0.496. The zero-order chi connectivity index (χ0) is 47.5. The van der Waals surface area contributed by atoms with E-state index in [9.17, 15) is 24.0 Å². The van der Waals surface area contributed by atoms with Crippen LogP contribution in [0.25, 0.3) is 0 Å². The monoisotopic (exact) mass is 926 g/mol. The van der Waals surface area contributed by atoms with Crippen LogP contribution in [0, 0.1) is 0 Å². The number of amides is 10. The molecule has 5 aliphatic heterocycles. The highest BCUT2D eigenvalue weighted by molar-refractivity contribution is 5.86. The summed E-state index contributed by atoms with van der Waals surface area (Å²) in [4.78, 5) is 77.8. The lowest BCUT2D eigenvalue weighted by Gasteiger charge is -2.29. The Morgan fingerprint density at radius 1 is 0.297 bits per heavy atom. The number of ether oxygens (including phenoxy) is 12. The summed E-state index contributed by atoms with van der Waals surface area (Å²) in [5, 5.41) is 0. The Bertz CT molecular complexity index is 1290. The number of carbonyl (C=O) groups is 5. The Kier molecular flexibility index (Phi) is 23.2. The maximum absolute atomic E-state index is 12.9. The molecule has 0 radical (unpaired) electrons. The lowest BCUT2D eigenvalue weighted by atomic mass is 10.3. The van der Waals surface area contributed by atoms with Gasteiger partial charge in [0.05, 0.1) is 0 Å². The van der Waals surface area contributed by atoms with E-state index in [4.69, 9.17) is 56.8 Å². The summed E-state index contributed by atoms with van der Waals surface area (Å²) in [7, 11) is 12.0. The first-order valence-electron chi connectivity index (χ1n) is 20.6. The van der Waals surface area contributed by atoms with Crippen LogP contribution >= 0.6 is 0 Å². The first-order chi connectivity index (χ1) is 30.9. The molecule has 10 amide bonds. The molecular formula is C37H70N10O17. The lowest BCUT2D eigenvalue weighted by molar-refractivity contribution is -0.132. The van der Waals surface area contributed by atoms with Gasteiger partial charge in [-0.1, -0.05) is 0 Å².